The number of hydrogen-bond donors (Lipinski definition) is 2. The number of carbonyl (C=O) groups is 2. The number of nitrogens with one attached hydrogen (secondary N) is 2. The first kappa shape index (κ1) is 22.5. The Hall–Kier alpha value is -1.16. The summed E-state index contributed by atoms with van der Waals surface area (Å²) in [5.74, 6) is 1.10. The van der Waals surface area contributed by atoms with Crippen LogP contribution in [0.2, 0.25) is 0 Å². The van der Waals surface area contributed by atoms with Gasteiger partial charge in [-0.15, -0.1) is 24.0 Å². The third kappa shape index (κ3) is 4.47. The Kier molecular flexibility index (Phi) is 7.24. The molecule has 4 rings (SSSR count). The monoisotopic (exact) mass is 515 g/mol. The Labute approximate surface area is 190 Å². The van der Waals surface area contributed by atoms with Crippen LogP contribution in [0.3, 0.4) is 0 Å². The van der Waals surface area contributed by atoms with Crippen molar-refractivity contribution in [3.05, 3.63) is 12.2 Å². The van der Waals surface area contributed by atoms with Crippen molar-refractivity contribution < 1.29 is 9.59 Å². The molecule has 1 saturated heterocycles. The number of fused-ring (bicyclic) bond motifs is 5. The zero-order chi connectivity index (χ0) is 19.8. The highest BCUT2D eigenvalue weighted by Crippen LogP contribution is 2.52. The second kappa shape index (κ2) is 9.32. The molecule has 2 N–H and O–H groups in total. The van der Waals surface area contributed by atoms with Gasteiger partial charge in [-0.25, -0.2) is 0 Å². The van der Waals surface area contributed by atoms with Gasteiger partial charge in [-0.2, -0.15) is 0 Å². The van der Waals surface area contributed by atoms with Crippen LogP contribution in [0, 0.1) is 23.7 Å². The van der Waals surface area contributed by atoms with Crippen molar-refractivity contribution in [3.63, 3.8) is 0 Å². The van der Waals surface area contributed by atoms with E-state index in [2.05, 4.69) is 46.5 Å². The summed E-state index contributed by atoms with van der Waals surface area (Å²) < 4.78 is 0. The molecule has 0 aromatic heterocycles. The fourth-order valence-corrected chi connectivity index (χ4v) is 5.26. The molecule has 7 nitrogen and oxygen atoms in total. The summed E-state index contributed by atoms with van der Waals surface area (Å²) in [6.45, 7) is 7.24. The molecule has 0 aromatic carbocycles. The normalized spacial score (nSPS) is 30.4. The van der Waals surface area contributed by atoms with E-state index in [1.807, 2.05) is 0 Å². The Bertz CT molecular complexity index is 659. The average molecular weight is 515 g/mol. The van der Waals surface area contributed by atoms with Gasteiger partial charge in [0.2, 0.25) is 11.8 Å². The Morgan fingerprint density at radius 2 is 1.72 bits per heavy atom. The van der Waals surface area contributed by atoms with E-state index >= 15 is 0 Å². The fourth-order valence-electron chi connectivity index (χ4n) is 5.26. The second-order valence-corrected chi connectivity index (χ2v) is 8.82. The SMILES string of the molecule is CN=C(NCCN1C(=O)C2C3C=CC(C3)C2C1=O)NCCN(C(C)C)C1CC1.I. The van der Waals surface area contributed by atoms with Crippen LogP contribution >= 0.6 is 24.0 Å². The lowest BCUT2D eigenvalue weighted by molar-refractivity contribution is -0.140. The number of rotatable bonds is 8. The van der Waals surface area contributed by atoms with Crippen molar-refractivity contribution >= 4 is 41.8 Å². The average Bonchev–Trinajstić information content (AvgIpc) is 3.21. The Morgan fingerprint density at radius 1 is 1.14 bits per heavy atom. The van der Waals surface area contributed by atoms with Gasteiger partial charge in [0.15, 0.2) is 5.96 Å². The van der Waals surface area contributed by atoms with E-state index in [0.29, 0.717) is 19.1 Å². The molecule has 29 heavy (non-hydrogen) atoms. The zero-order valence-electron chi connectivity index (χ0n) is 17.6. The number of guanidine groups is 1. The molecule has 8 heteroatoms. The minimum atomic E-state index is -0.107. The number of hydrogen-bond acceptors (Lipinski definition) is 4. The minimum Gasteiger partial charge on any atom is -0.355 e. The zero-order valence-corrected chi connectivity index (χ0v) is 20.0. The topological polar surface area (TPSA) is 77.0 Å². The molecule has 1 aliphatic heterocycles. The number of halogens is 1. The number of carbonyl (C=O) groups excluding carboxylic acids is 2. The molecule has 4 aliphatic rings. The van der Waals surface area contributed by atoms with Crippen molar-refractivity contribution in [2.75, 3.05) is 33.2 Å². The standard InChI is InChI=1S/C21H33N5O2.HI/c1-13(2)25(16-6-7-16)10-8-23-21(22-3)24-9-11-26-19(27)17-14-4-5-15(12-14)18(17)20(26)28;/h4-5,13-18H,6-12H2,1-3H3,(H2,22,23,24);1H. The predicted molar refractivity (Wildman–Crippen MR) is 124 cm³/mol. The van der Waals surface area contributed by atoms with E-state index in [9.17, 15) is 9.59 Å². The molecule has 2 amide bonds. The number of likely N-dealkylation sites (tertiary alicyclic amines) is 1. The van der Waals surface area contributed by atoms with Gasteiger partial charge in [-0.05, 0) is 44.9 Å². The number of allylic oxidation sites excluding steroid dienone is 2. The van der Waals surface area contributed by atoms with Crippen LogP contribution in [-0.2, 0) is 9.59 Å². The molecule has 4 atom stereocenters. The van der Waals surface area contributed by atoms with Gasteiger partial charge in [-0.1, -0.05) is 12.2 Å². The van der Waals surface area contributed by atoms with Gasteiger partial charge in [0.1, 0.15) is 0 Å². The maximum absolute atomic E-state index is 12.7. The highest BCUT2D eigenvalue weighted by Gasteiger charge is 2.58. The first-order chi connectivity index (χ1) is 13.5. The highest BCUT2D eigenvalue weighted by atomic mass is 127. The van der Waals surface area contributed by atoms with Crippen LogP contribution in [0.4, 0.5) is 0 Å². The molecule has 1 heterocycles. The summed E-state index contributed by atoms with van der Waals surface area (Å²) in [6, 6.07) is 1.30. The van der Waals surface area contributed by atoms with E-state index in [4.69, 9.17) is 0 Å². The van der Waals surface area contributed by atoms with Crippen molar-refractivity contribution in [2.24, 2.45) is 28.7 Å². The fraction of sp³-hybridized carbons (Fsp3) is 0.762. The van der Waals surface area contributed by atoms with E-state index in [1.165, 1.54) is 17.7 Å². The first-order valence-electron chi connectivity index (χ1n) is 10.7. The van der Waals surface area contributed by atoms with Crippen LogP contribution in [-0.4, -0.2) is 72.9 Å². The molecule has 4 unspecified atom stereocenters. The van der Waals surface area contributed by atoms with Crippen LogP contribution in [0.5, 0.6) is 0 Å². The van der Waals surface area contributed by atoms with Crippen molar-refractivity contribution in [1.82, 2.24) is 20.4 Å². The lowest BCUT2D eigenvalue weighted by atomic mass is 9.85. The second-order valence-electron chi connectivity index (χ2n) is 8.82. The molecule has 162 valence electrons. The van der Waals surface area contributed by atoms with Crippen molar-refractivity contribution in [2.45, 2.75) is 45.2 Å². The maximum atomic E-state index is 12.7. The quantitative estimate of drug-likeness (QED) is 0.168. The summed E-state index contributed by atoms with van der Waals surface area (Å²) in [4.78, 5) is 33.7. The van der Waals surface area contributed by atoms with E-state index in [1.54, 1.807) is 7.05 Å². The summed E-state index contributed by atoms with van der Waals surface area (Å²) in [7, 11) is 1.75. The lowest BCUT2D eigenvalue weighted by Crippen LogP contribution is -2.46. The van der Waals surface area contributed by atoms with Gasteiger partial charge in [0, 0.05) is 45.3 Å². The maximum Gasteiger partial charge on any atom is 0.233 e. The summed E-state index contributed by atoms with van der Waals surface area (Å²) in [6.07, 6.45) is 7.85. The summed E-state index contributed by atoms with van der Waals surface area (Å²) in [5, 5.41) is 6.60. The third-order valence-corrected chi connectivity index (χ3v) is 6.75. The van der Waals surface area contributed by atoms with Gasteiger partial charge in [-0.3, -0.25) is 24.4 Å². The van der Waals surface area contributed by atoms with E-state index in [0.717, 1.165) is 31.5 Å². The number of imide groups is 1. The van der Waals surface area contributed by atoms with Crippen molar-refractivity contribution in [3.8, 4) is 0 Å². The van der Waals surface area contributed by atoms with Crippen molar-refractivity contribution in [1.29, 1.82) is 0 Å². The number of aliphatic imine (C=N–C) groups is 1. The molecule has 0 aromatic rings. The molecule has 3 aliphatic carbocycles. The highest BCUT2D eigenvalue weighted by molar-refractivity contribution is 14.0. The number of amides is 2. The molecular formula is C21H34IN5O2. The molecular weight excluding hydrogens is 481 g/mol. The molecule has 0 radical (unpaired) electrons. The number of nitrogens with zero attached hydrogens (tertiary/aromatic N) is 3. The molecule has 3 fully saturated rings. The van der Waals surface area contributed by atoms with Gasteiger partial charge in [0.05, 0.1) is 11.8 Å². The lowest BCUT2D eigenvalue weighted by Gasteiger charge is -2.26. The molecule has 0 spiro atoms. The van der Waals surface area contributed by atoms with Crippen LogP contribution in [0.15, 0.2) is 17.1 Å². The van der Waals surface area contributed by atoms with Gasteiger partial charge >= 0.3 is 0 Å². The predicted octanol–water partition coefficient (Wildman–Crippen LogP) is 1.45. The van der Waals surface area contributed by atoms with Crippen LogP contribution in [0.1, 0.15) is 33.1 Å². The minimum absolute atomic E-state index is 0. The van der Waals surface area contributed by atoms with Gasteiger partial charge in [0.25, 0.3) is 0 Å². The smallest absolute Gasteiger partial charge is 0.233 e. The van der Waals surface area contributed by atoms with E-state index in [-0.39, 0.29) is 59.5 Å². The van der Waals surface area contributed by atoms with Crippen LogP contribution < -0.4 is 10.6 Å². The largest absolute Gasteiger partial charge is 0.355 e. The summed E-state index contributed by atoms with van der Waals surface area (Å²) >= 11 is 0. The molecule has 2 saturated carbocycles. The van der Waals surface area contributed by atoms with Gasteiger partial charge < -0.3 is 10.6 Å². The molecule has 2 bridgehead atoms. The Balaban J connectivity index is 0.00000240. The van der Waals surface area contributed by atoms with Crippen LogP contribution in [0.25, 0.3) is 0 Å². The Morgan fingerprint density at radius 3 is 2.24 bits per heavy atom. The third-order valence-electron chi connectivity index (χ3n) is 6.75. The van der Waals surface area contributed by atoms with E-state index < -0.39 is 0 Å². The first-order valence-corrected chi connectivity index (χ1v) is 10.7. The summed E-state index contributed by atoms with van der Waals surface area (Å²) in [5.41, 5.74) is 0.